The molecule has 0 saturated carbocycles. The lowest BCUT2D eigenvalue weighted by molar-refractivity contribution is 1.13. The summed E-state index contributed by atoms with van der Waals surface area (Å²) in [5, 5.41) is 1.09. The van der Waals surface area contributed by atoms with E-state index in [2.05, 4.69) is 40.5 Å². The Balaban J connectivity index is 2.85. The molecule has 3 heteroatoms. The van der Waals surface area contributed by atoms with Crippen molar-refractivity contribution >= 4 is 39.1 Å². The fourth-order valence-electron chi connectivity index (χ4n) is 1.81. The number of H-pyrrole nitrogens is 1. The minimum Gasteiger partial charge on any atom is -0.358 e. The van der Waals surface area contributed by atoms with Crippen LogP contribution in [0.3, 0.4) is 0 Å². The van der Waals surface area contributed by atoms with Crippen molar-refractivity contribution < 1.29 is 0 Å². The SMILES string of the molecule is C=CCc1c(C)[nH]c2ccc(Br)cc2c1=S. The molecule has 0 aliphatic carbocycles. The van der Waals surface area contributed by atoms with Crippen molar-refractivity contribution in [1.82, 2.24) is 4.98 Å². The number of pyridine rings is 1. The first-order valence-electron chi connectivity index (χ1n) is 5.05. The van der Waals surface area contributed by atoms with E-state index in [0.717, 1.165) is 37.6 Å². The molecule has 0 spiro atoms. The molecular formula is C13H12BrNS. The van der Waals surface area contributed by atoms with Crippen molar-refractivity contribution in [2.45, 2.75) is 13.3 Å². The van der Waals surface area contributed by atoms with Gasteiger partial charge in [0.2, 0.25) is 0 Å². The first kappa shape index (κ1) is 11.6. The van der Waals surface area contributed by atoms with Crippen LogP contribution >= 0.6 is 28.1 Å². The Hall–Kier alpha value is -0.930. The average Bonchev–Trinajstić information content (AvgIpc) is 2.26. The molecule has 0 atom stereocenters. The lowest BCUT2D eigenvalue weighted by atomic mass is 10.1. The van der Waals surface area contributed by atoms with Gasteiger partial charge in [-0.05, 0) is 37.1 Å². The molecule has 16 heavy (non-hydrogen) atoms. The normalized spacial score (nSPS) is 10.6. The average molecular weight is 294 g/mol. The number of allylic oxidation sites excluding steroid dienone is 1. The van der Waals surface area contributed by atoms with Crippen LogP contribution in [0.4, 0.5) is 0 Å². The Labute approximate surface area is 108 Å². The van der Waals surface area contributed by atoms with Crippen molar-refractivity contribution in [2.24, 2.45) is 0 Å². The summed E-state index contributed by atoms with van der Waals surface area (Å²) in [6.07, 6.45) is 2.69. The van der Waals surface area contributed by atoms with Gasteiger partial charge in [0.05, 0.1) is 4.51 Å². The summed E-state index contributed by atoms with van der Waals surface area (Å²) in [6, 6.07) is 6.11. The summed E-state index contributed by atoms with van der Waals surface area (Å²) in [7, 11) is 0. The molecule has 2 aromatic rings. The van der Waals surface area contributed by atoms with Crippen LogP contribution in [0.2, 0.25) is 0 Å². The smallest absolute Gasteiger partial charge is 0.0523 e. The Bertz CT molecular complexity index is 613. The van der Waals surface area contributed by atoms with Crippen molar-refractivity contribution in [3.63, 3.8) is 0 Å². The molecule has 0 radical (unpaired) electrons. The number of aryl methyl sites for hydroxylation is 1. The van der Waals surface area contributed by atoms with E-state index in [1.807, 2.05) is 18.2 Å². The van der Waals surface area contributed by atoms with Crippen molar-refractivity contribution in [3.8, 4) is 0 Å². The number of aromatic nitrogens is 1. The highest BCUT2D eigenvalue weighted by atomic mass is 79.9. The predicted molar refractivity (Wildman–Crippen MR) is 75.5 cm³/mol. The number of halogens is 1. The fourth-order valence-corrected chi connectivity index (χ4v) is 2.58. The molecule has 1 aromatic carbocycles. The van der Waals surface area contributed by atoms with Gasteiger partial charge in [-0.15, -0.1) is 6.58 Å². The van der Waals surface area contributed by atoms with E-state index in [4.69, 9.17) is 12.2 Å². The minimum absolute atomic E-state index is 0.809. The number of hydrogen-bond donors (Lipinski definition) is 1. The van der Waals surface area contributed by atoms with E-state index in [-0.39, 0.29) is 0 Å². The maximum absolute atomic E-state index is 5.52. The molecule has 0 bridgehead atoms. The summed E-state index contributed by atoms with van der Waals surface area (Å²) in [5.41, 5.74) is 3.37. The topological polar surface area (TPSA) is 15.8 Å². The number of fused-ring (bicyclic) bond motifs is 1. The Morgan fingerprint density at radius 3 is 2.94 bits per heavy atom. The van der Waals surface area contributed by atoms with Crippen LogP contribution in [0.5, 0.6) is 0 Å². The van der Waals surface area contributed by atoms with Gasteiger partial charge >= 0.3 is 0 Å². The summed E-state index contributed by atoms with van der Waals surface area (Å²) in [4.78, 5) is 3.38. The highest BCUT2D eigenvalue weighted by Crippen LogP contribution is 2.23. The Morgan fingerprint density at radius 1 is 1.50 bits per heavy atom. The highest BCUT2D eigenvalue weighted by Gasteiger charge is 2.05. The number of aromatic amines is 1. The lowest BCUT2D eigenvalue weighted by Gasteiger charge is -2.08. The predicted octanol–water partition coefficient (Wildman–Crippen LogP) is 4.70. The monoisotopic (exact) mass is 293 g/mol. The highest BCUT2D eigenvalue weighted by molar-refractivity contribution is 9.10. The molecule has 1 heterocycles. The summed E-state index contributed by atoms with van der Waals surface area (Å²) >= 11 is 8.99. The van der Waals surface area contributed by atoms with Crippen molar-refractivity contribution in [2.75, 3.05) is 0 Å². The molecule has 1 N–H and O–H groups in total. The summed E-state index contributed by atoms with van der Waals surface area (Å²) < 4.78 is 1.97. The number of nitrogens with one attached hydrogen (secondary N) is 1. The zero-order valence-corrected chi connectivity index (χ0v) is 11.4. The zero-order chi connectivity index (χ0) is 11.7. The first-order valence-corrected chi connectivity index (χ1v) is 6.25. The third-order valence-corrected chi connectivity index (χ3v) is 3.58. The van der Waals surface area contributed by atoms with Crippen molar-refractivity contribution in [1.29, 1.82) is 0 Å². The van der Waals surface area contributed by atoms with Crippen LogP contribution in [0.25, 0.3) is 10.9 Å². The van der Waals surface area contributed by atoms with E-state index in [9.17, 15) is 0 Å². The number of rotatable bonds is 2. The van der Waals surface area contributed by atoms with Gasteiger partial charge in [0.25, 0.3) is 0 Å². The molecule has 0 saturated heterocycles. The maximum Gasteiger partial charge on any atom is 0.0523 e. The van der Waals surface area contributed by atoms with Crippen molar-refractivity contribution in [3.05, 3.63) is 51.1 Å². The fraction of sp³-hybridized carbons (Fsp3) is 0.154. The van der Waals surface area contributed by atoms with Crippen LogP contribution in [0, 0.1) is 11.4 Å². The number of hydrogen-bond acceptors (Lipinski definition) is 1. The molecule has 1 aromatic heterocycles. The molecular weight excluding hydrogens is 282 g/mol. The van der Waals surface area contributed by atoms with Gasteiger partial charge in [-0.2, -0.15) is 0 Å². The van der Waals surface area contributed by atoms with E-state index < -0.39 is 0 Å². The van der Waals surface area contributed by atoms with Gasteiger partial charge in [-0.25, -0.2) is 0 Å². The van der Waals surface area contributed by atoms with Gasteiger partial charge in [0.1, 0.15) is 0 Å². The quantitative estimate of drug-likeness (QED) is 0.627. The Kier molecular flexibility index (Phi) is 3.26. The van der Waals surface area contributed by atoms with E-state index in [1.165, 1.54) is 0 Å². The van der Waals surface area contributed by atoms with Gasteiger partial charge < -0.3 is 4.98 Å². The molecule has 2 rings (SSSR count). The molecule has 82 valence electrons. The van der Waals surface area contributed by atoms with Gasteiger partial charge in [0.15, 0.2) is 0 Å². The largest absolute Gasteiger partial charge is 0.358 e. The summed E-state index contributed by atoms with van der Waals surface area (Å²) in [5.74, 6) is 0. The molecule has 1 nitrogen and oxygen atoms in total. The second kappa shape index (κ2) is 4.52. The molecule has 0 aliphatic rings. The second-order valence-corrected chi connectivity index (χ2v) is 5.06. The minimum atomic E-state index is 0.809. The Morgan fingerprint density at radius 2 is 2.25 bits per heavy atom. The first-order chi connectivity index (χ1) is 7.63. The van der Waals surface area contributed by atoms with Crippen LogP contribution in [-0.2, 0) is 6.42 Å². The third-order valence-electron chi connectivity index (χ3n) is 2.62. The molecule has 0 aliphatic heterocycles. The third kappa shape index (κ3) is 1.97. The van der Waals surface area contributed by atoms with E-state index in [1.54, 1.807) is 0 Å². The molecule has 0 amide bonds. The zero-order valence-electron chi connectivity index (χ0n) is 9.01. The number of benzene rings is 1. The van der Waals surface area contributed by atoms with Crippen LogP contribution in [-0.4, -0.2) is 4.98 Å². The van der Waals surface area contributed by atoms with Crippen LogP contribution in [0.15, 0.2) is 35.3 Å². The van der Waals surface area contributed by atoms with Gasteiger partial charge in [-0.3, -0.25) is 0 Å². The molecule has 0 unspecified atom stereocenters. The summed E-state index contributed by atoms with van der Waals surface area (Å²) in [6.45, 7) is 5.82. The van der Waals surface area contributed by atoms with Crippen LogP contribution in [0.1, 0.15) is 11.3 Å². The van der Waals surface area contributed by atoms with Gasteiger partial charge in [0, 0.05) is 21.1 Å². The van der Waals surface area contributed by atoms with Gasteiger partial charge in [-0.1, -0.05) is 34.2 Å². The molecule has 0 fully saturated rings. The second-order valence-electron chi connectivity index (χ2n) is 3.74. The lowest BCUT2D eigenvalue weighted by Crippen LogP contribution is -1.94. The van der Waals surface area contributed by atoms with E-state index in [0.29, 0.717) is 0 Å². The van der Waals surface area contributed by atoms with Crippen LogP contribution < -0.4 is 0 Å². The van der Waals surface area contributed by atoms with E-state index >= 15 is 0 Å². The maximum atomic E-state index is 5.52. The standard InChI is InChI=1S/C13H12BrNS/c1-3-4-10-8(2)15-12-6-5-9(14)7-11(12)13(10)16/h3,5-7H,1,4H2,2H3,(H,15,16).